The van der Waals surface area contributed by atoms with E-state index in [1.807, 2.05) is 17.5 Å². The van der Waals surface area contributed by atoms with E-state index in [2.05, 4.69) is 5.32 Å². The van der Waals surface area contributed by atoms with E-state index in [9.17, 15) is 18.4 Å². The molecule has 0 spiro atoms. The minimum Gasteiger partial charge on any atom is -0.452 e. The minimum absolute atomic E-state index is 0.148. The highest BCUT2D eigenvalue weighted by Gasteiger charge is 2.12. The largest absolute Gasteiger partial charge is 0.452 e. The molecular weight excluding hydrogens is 312 g/mol. The van der Waals surface area contributed by atoms with Crippen LogP contribution in [-0.2, 0) is 16.0 Å². The van der Waals surface area contributed by atoms with Crippen molar-refractivity contribution in [3.05, 3.63) is 57.8 Å². The molecule has 7 heteroatoms. The molecule has 0 aliphatic rings. The Bertz CT molecular complexity index is 659. The average Bonchev–Trinajstić information content (AvgIpc) is 3.01. The van der Waals surface area contributed by atoms with Crippen LogP contribution in [0.25, 0.3) is 0 Å². The van der Waals surface area contributed by atoms with Crippen molar-refractivity contribution in [1.29, 1.82) is 0 Å². The van der Waals surface area contributed by atoms with Gasteiger partial charge in [-0.2, -0.15) is 0 Å². The fourth-order valence-electron chi connectivity index (χ4n) is 1.67. The third kappa shape index (κ3) is 4.63. The third-order valence-corrected chi connectivity index (χ3v) is 3.70. The first-order valence-electron chi connectivity index (χ1n) is 6.47. The quantitative estimate of drug-likeness (QED) is 0.831. The van der Waals surface area contributed by atoms with Gasteiger partial charge in [-0.15, -0.1) is 11.3 Å². The Morgan fingerprint density at radius 3 is 2.68 bits per heavy atom. The summed E-state index contributed by atoms with van der Waals surface area (Å²) < 4.78 is 30.5. The van der Waals surface area contributed by atoms with E-state index in [-0.39, 0.29) is 5.56 Å². The number of esters is 1. The lowest BCUT2D eigenvalue weighted by molar-refractivity contribution is -0.124. The topological polar surface area (TPSA) is 55.4 Å². The van der Waals surface area contributed by atoms with Crippen LogP contribution in [0.2, 0.25) is 0 Å². The van der Waals surface area contributed by atoms with Gasteiger partial charge in [-0.05, 0) is 36.1 Å². The number of rotatable bonds is 6. The molecule has 0 saturated heterocycles. The molecule has 0 aliphatic carbocycles. The Kier molecular flexibility index (Phi) is 5.60. The fraction of sp³-hybridized carbons (Fsp3) is 0.200. The second-order valence-corrected chi connectivity index (χ2v) is 5.42. The fourth-order valence-corrected chi connectivity index (χ4v) is 2.38. The summed E-state index contributed by atoms with van der Waals surface area (Å²) in [6.45, 7) is -0.0374. The SMILES string of the molecule is O=C(COC(=O)c1ccc(F)c(F)c1)NCCc1cccs1. The molecule has 1 heterocycles. The minimum atomic E-state index is -1.14. The summed E-state index contributed by atoms with van der Waals surface area (Å²) in [5, 5.41) is 4.55. The molecule has 2 aromatic rings. The summed E-state index contributed by atoms with van der Waals surface area (Å²) in [5.41, 5.74) is -0.148. The summed E-state index contributed by atoms with van der Waals surface area (Å²) in [6.07, 6.45) is 0.695. The van der Waals surface area contributed by atoms with Crippen molar-refractivity contribution in [3.8, 4) is 0 Å². The number of carbonyl (C=O) groups excluding carboxylic acids is 2. The highest BCUT2D eigenvalue weighted by molar-refractivity contribution is 7.09. The van der Waals surface area contributed by atoms with Crippen LogP contribution in [0.4, 0.5) is 8.78 Å². The maximum Gasteiger partial charge on any atom is 0.338 e. The Balaban J connectivity index is 1.73. The first-order valence-corrected chi connectivity index (χ1v) is 7.35. The van der Waals surface area contributed by atoms with Crippen LogP contribution in [0.15, 0.2) is 35.7 Å². The normalized spacial score (nSPS) is 10.3. The number of amides is 1. The van der Waals surface area contributed by atoms with Gasteiger partial charge in [-0.1, -0.05) is 6.07 Å². The van der Waals surface area contributed by atoms with Crippen LogP contribution in [0.3, 0.4) is 0 Å². The third-order valence-electron chi connectivity index (χ3n) is 2.76. The zero-order valence-electron chi connectivity index (χ0n) is 11.5. The number of thiophene rings is 1. The molecule has 0 fully saturated rings. The van der Waals surface area contributed by atoms with Crippen molar-refractivity contribution in [1.82, 2.24) is 5.32 Å². The molecule has 0 atom stereocenters. The lowest BCUT2D eigenvalue weighted by Crippen LogP contribution is -2.30. The van der Waals surface area contributed by atoms with Crippen molar-refractivity contribution in [3.63, 3.8) is 0 Å². The average molecular weight is 325 g/mol. The molecule has 0 aliphatic heterocycles. The summed E-state index contributed by atoms with van der Waals surface area (Å²) >= 11 is 1.59. The van der Waals surface area contributed by atoms with Crippen molar-refractivity contribution in [2.75, 3.05) is 13.2 Å². The van der Waals surface area contributed by atoms with Gasteiger partial charge in [0, 0.05) is 11.4 Å². The predicted molar refractivity (Wildman–Crippen MR) is 77.7 cm³/mol. The Labute approximate surface area is 129 Å². The maximum absolute atomic E-state index is 13.0. The van der Waals surface area contributed by atoms with E-state index in [0.717, 1.165) is 23.1 Å². The number of nitrogens with one attached hydrogen (secondary N) is 1. The molecule has 22 heavy (non-hydrogen) atoms. The number of benzene rings is 1. The van der Waals surface area contributed by atoms with E-state index in [1.165, 1.54) is 0 Å². The second kappa shape index (κ2) is 7.65. The molecule has 1 aromatic heterocycles. The first-order chi connectivity index (χ1) is 10.6. The molecule has 2 rings (SSSR count). The summed E-state index contributed by atoms with van der Waals surface area (Å²) in [4.78, 5) is 24.2. The van der Waals surface area contributed by atoms with E-state index >= 15 is 0 Å². The molecule has 0 unspecified atom stereocenters. The number of hydrogen-bond donors (Lipinski definition) is 1. The Morgan fingerprint density at radius 1 is 1.18 bits per heavy atom. The lowest BCUT2D eigenvalue weighted by atomic mass is 10.2. The summed E-state index contributed by atoms with van der Waals surface area (Å²) in [5.74, 6) is -3.53. The highest BCUT2D eigenvalue weighted by Crippen LogP contribution is 2.10. The molecule has 116 valence electrons. The molecule has 0 bridgehead atoms. The maximum atomic E-state index is 13.0. The van der Waals surface area contributed by atoms with Gasteiger partial charge in [-0.3, -0.25) is 4.79 Å². The predicted octanol–water partition coefficient (Wildman–Crippen LogP) is 2.54. The summed E-state index contributed by atoms with van der Waals surface area (Å²) in [7, 11) is 0. The van der Waals surface area contributed by atoms with Crippen molar-refractivity contribution in [2.24, 2.45) is 0 Å². The molecule has 0 saturated carbocycles. The zero-order valence-corrected chi connectivity index (χ0v) is 12.3. The summed E-state index contributed by atoms with van der Waals surface area (Å²) in [6, 6.07) is 6.53. The first kappa shape index (κ1) is 16.1. The second-order valence-electron chi connectivity index (χ2n) is 4.38. The number of halogens is 2. The smallest absolute Gasteiger partial charge is 0.338 e. The molecular formula is C15H13F2NO3S. The van der Waals surface area contributed by atoms with E-state index in [0.29, 0.717) is 13.0 Å². The molecule has 1 aromatic carbocycles. The van der Waals surface area contributed by atoms with Crippen LogP contribution in [0.5, 0.6) is 0 Å². The van der Waals surface area contributed by atoms with Crippen molar-refractivity contribution in [2.45, 2.75) is 6.42 Å². The monoisotopic (exact) mass is 325 g/mol. The van der Waals surface area contributed by atoms with Gasteiger partial charge in [0.25, 0.3) is 5.91 Å². The van der Waals surface area contributed by atoms with E-state index in [1.54, 1.807) is 11.3 Å². The molecule has 4 nitrogen and oxygen atoms in total. The van der Waals surface area contributed by atoms with Crippen LogP contribution in [0.1, 0.15) is 15.2 Å². The van der Waals surface area contributed by atoms with Gasteiger partial charge < -0.3 is 10.1 Å². The van der Waals surface area contributed by atoms with Crippen molar-refractivity contribution < 1.29 is 23.1 Å². The van der Waals surface area contributed by atoms with Crippen LogP contribution < -0.4 is 5.32 Å². The highest BCUT2D eigenvalue weighted by atomic mass is 32.1. The number of ether oxygens (including phenoxy) is 1. The van der Waals surface area contributed by atoms with Gasteiger partial charge in [-0.25, -0.2) is 13.6 Å². The van der Waals surface area contributed by atoms with Crippen LogP contribution in [0, 0.1) is 11.6 Å². The van der Waals surface area contributed by atoms with Crippen LogP contribution in [-0.4, -0.2) is 25.0 Å². The van der Waals surface area contributed by atoms with E-state index < -0.39 is 30.1 Å². The van der Waals surface area contributed by atoms with Gasteiger partial charge >= 0.3 is 5.97 Å². The number of carbonyl (C=O) groups is 2. The number of hydrogen-bond acceptors (Lipinski definition) is 4. The molecule has 0 radical (unpaired) electrons. The van der Waals surface area contributed by atoms with Gasteiger partial charge in [0.15, 0.2) is 18.2 Å². The van der Waals surface area contributed by atoms with Crippen LogP contribution >= 0.6 is 11.3 Å². The molecule has 1 N–H and O–H groups in total. The van der Waals surface area contributed by atoms with Crippen molar-refractivity contribution >= 4 is 23.2 Å². The Morgan fingerprint density at radius 2 is 2.00 bits per heavy atom. The van der Waals surface area contributed by atoms with Gasteiger partial charge in [0.2, 0.25) is 0 Å². The zero-order chi connectivity index (χ0) is 15.9. The van der Waals surface area contributed by atoms with Gasteiger partial charge in [0.05, 0.1) is 5.56 Å². The molecule has 1 amide bonds. The standard InChI is InChI=1S/C15H13F2NO3S/c16-12-4-3-10(8-13(12)17)15(20)21-9-14(19)18-6-5-11-2-1-7-22-11/h1-4,7-8H,5-6,9H2,(H,18,19). The van der Waals surface area contributed by atoms with Gasteiger partial charge in [0.1, 0.15) is 0 Å². The Hall–Kier alpha value is -2.28. The van der Waals surface area contributed by atoms with E-state index in [4.69, 9.17) is 4.74 Å². The lowest BCUT2D eigenvalue weighted by Gasteiger charge is -2.06.